The summed E-state index contributed by atoms with van der Waals surface area (Å²) < 4.78 is 0. The molecule has 98 valence electrons. The number of likely N-dealkylation sites (N-methyl/N-ethyl adjacent to an activating group) is 2. The first-order valence-corrected chi connectivity index (χ1v) is 6.29. The molecule has 1 rings (SSSR count). The van der Waals surface area contributed by atoms with Gasteiger partial charge in [-0.25, -0.2) is 0 Å². The number of hydrogen-bond acceptors (Lipinski definition) is 2. The molecule has 0 spiro atoms. The Morgan fingerprint density at radius 1 is 1.39 bits per heavy atom. The quantitative estimate of drug-likeness (QED) is 0.826. The van der Waals surface area contributed by atoms with Crippen LogP contribution in [0.15, 0.2) is 24.3 Å². The molecule has 0 saturated carbocycles. The molecule has 1 N–H and O–H groups in total. The summed E-state index contributed by atoms with van der Waals surface area (Å²) in [6.07, 6.45) is 0. The Morgan fingerprint density at radius 2 is 2.11 bits per heavy atom. The second kappa shape index (κ2) is 7.01. The molecule has 5 heteroatoms. The zero-order valence-electron chi connectivity index (χ0n) is 10.6. The van der Waals surface area contributed by atoms with Crippen LogP contribution >= 0.6 is 11.6 Å². The summed E-state index contributed by atoms with van der Waals surface area (Å²) in [5, 5.41) is 2.65. The van der Waals surface area contributed by atoms with E-state index in [2.05, 4.69) is 5.32 Å². The fraction of sp³-hybridized carbons (Fsp3) is 0.385. The average molecular weight is 269 g/mol. The topological polar surface area (TPSA) is 49.4 Å². The molecule has 4 nitrogen and oxygen atoms in total. The van der Waals surface area contributed by atoms with Gasteiger partial charge in [-0.1, -0.05) is 12.1 Å². The summed E-state index contributed by atoms with van der Waals surface area (Å²) in [7, 11) is 1.60. The number of amides is 2. The van der Waals surface area contributed by atoms with Gasteiger partial charge >= 0.3 is 0 Å². The van der Waals surface area contributed by atoms with Gasteiger partial charge in [-0.3, -0.25) is 9.59 Å². The zero-order valence-corrected chi connectivity index (χ0v) is 11.3. The molecular formula is C13H17ClN2O2. The molecule has 0 fully saturated rings. The lowest BCUT2D eigenvalue weighted by atomic mass is 10.1. The summed E-state index contributed by atoms with van der Waals surface area (Å²) >= 11 is 5.72. The summed E-state index contributed by atoms with van der Waals surface area (Å²) in [6.45, 7) is 2.45. The van der Waals surface area contributed by atoms with Gasteiger partial charge in [0.2, 0.25) is 5.91 Å². The van der Waals surface area contributed by atoms with Crippen molar-refractivity contribution in [2.45, 2.75) is 12.8 Å². The molecule has 0 radical (unpaired) electrons. The molecule has 0 heterocycles. The molecule has 0 aromatic heterocycles. The summed E-state index contributed by atoms with van der Waals surface area (Å²) in [4.78, 5) is 24.8. The lowest BCUT2D eigenvalue weighted by Gasteiger charge is -2.16. The zero-order chi connectivity index (χ0) is 13.5. The standard InChI is InChI=1S/C13H17ClN2O2/c1-3-15-12(17)9-16(2)13(18)11-6-4-5-10(7-11)8-14/h4-7H,3,8-9H2,1-2H3,(H,15,17). The van der Waals surface area contributed by atoms with Gasteiger partial charge in [-0.15, -0.1) is 11.6 Å². The molecular weight excluding hydrogens is 252 g/mol. The minimum absolute atomic E-state index is 0.0533. The molecule has 0 atom stereocenters. The Labute approximate surface area is 112 Å². The first-order chi connectivity index (χ1) is 8.58. The van der Waals surface area contributed by atoms with Crippen molar-refractivity contribution < 1.29 is 9.59 Å². The van der Waals surface area contributed by atoms with Crippen LogP contribution in [0.4, 0.5) is 0 Å². The van der Waals surface area contributed by atoms with Crippen LogP contribution < -0.4 is 5.32 Å². The number of nitrogens with one attached hydrogen (secondary N) is 1. The average Bonchev–Trinajstić information content (AvgIpc) is 2.38. The van der Waals surface area contributed by atoms with E-state index in [1.54, 1.807) is 25.2 Å². The van der Waals surface area contributed by atoms with Gasteiger partial charge in [0.05, 0.1) is 6.54 Å². The highest BCUT2D eigenvalue weighted by Gasteiger charge is 2.14. The van der Waals surface area contributed by atoms with Crippen molar-refractivity contribution in [1.82, 2.24) is 10.2 Å². The SMILES string of the molecule is CCNC(=O)CN(C)C(=O)c1cccc(CCl)c1. The van der Waals surface area contributed by atoms with Gasteiger partial charge in [0.25, 0.3) is 5.91 Å². The molecule has 1 aromatic carbocycles. The number of rotatable bonds is 5. The summed E-state index contributed by atoms with van der Waals surface area (Å²) in [5.41, 5.74) is 1.42. The molecule has 0 aliphatic heterocycles. The third-order valence-electron chi connectivity index (χ3n) is 2.43. The Balaban J connectivity index is 2.70. The van der Waals surface area contributed by atoms with Gasteiger partial charge in [0, 0.05) is 25.0 Å². The fourth-order valence-electron chi connectivity index (χ4n) is 1.55. The molecule has 2 amide bonds. The summed E-state index contributed by atoms with van der Waals surface area (Å²) in [5.74, 6) is 0.0105. The van der Waals surface area contributed by atoms with Crippen molar-refractivity contribution in [1.29, 1.82) is 0 Å². The van der Waals surface area contributed by atoms with Crippen LogP contribution in [-0.4, -0.2) is 36.9 Å². The van der Waals surface area contributed by atoms with Crippen LogP contribution in [0, 0.1) is 0 Å². The predicted molar refractivity (Wildman–Crippen MR) is 71.6 cm³/mol. The lowest BCUT2D eigenvalue weighted by molar-refractivity contribution is -0.121. The van der Waals surface area contributed by atoms with Gasteiger partial charge in [0.1, 0.15) is 0 Å². The summed E-state index contributed by atoms with van der Waals surface area (Å²) in [6, 6.07) is 7.09. The van der Waals surface area contributed by atoms with Crippen LogP contribution in [0.1, 0.15) is 22.8 Å². The monoisotopic (exact) mass is 268 g/mol. The Hall–Kier alpha value is -1.55. The van der Waals surface area contributed by atoms with E-state index < -0.39 is 0 Å². The van der Waals surface area contributed by atoms with Crippen molar-refractivity contribution in [3.8, 4) is 0 Å². The number of alkyl halides is 1. The third kappa shape index (κ3) is 4.04. The second-order valence-electron chi connectivity index (χ2n) is 3.95. The highest BCUT2D eigenvalue weighted by Crippen LogP contribution is 2.09. The number of benzene rings is 1. The van der Waals surface area contributed by atoms with Gasteiger partial charge < -0.3 is 10.2 Å². The Bertz CT molecular complexity index is 435. The lowest BCUT2D eigenvalue weighted by Crippen LogP contribution is -2.38. The van der Waals surface area contributed by atoms with E-state index in [0.29, 0.717) is 18.0 Å². The minimum atomic E-state index is -0.187. The number of hydrogen-bond donors (Lipinski definition) is 1. The van der Waals surface area contributed by atoms with Gasteiger partial charge in [-0.05, 0) is 24.6 Å². The van der Waals surface area contributed by atoms with E-state index in [4.69, 9.17) is 11.6 Å². The largest absolute Gasteiger partial charge is 0.355 e. The van der Waals surface area contributed by atoms with Crippen LogP contribution in [0.2, 0.25) is 0 Å². The molecule has 0 unspecified atom stereocenters. The van der Waals surface area contributed by atoms with Gasteiger partial charge in [-0.2, -0.15) is 0 Å². The second-order valence-corrected chi connectivity index (χ2v) is 4.22. The van der Waals surface area contributed by atoms with E-state index in [0.717, 1.165) is 5.56 Å². The van der Waals surface area contributed by atoms with Crippen molar-refractivity contribution in [2.24, 2.45) is 0 Å². The van der Waals surface area contributed by atoms with E-state index in [1.165, 1.54) is 4.90 Å². The molecule has 0 saturated heterocycles. The maximum Gasteiger partial charge on any atom is 0.254 e. The minimum Gasteiger partial charge on any atom is -0.355 e. The van der Waals surface area contributed by atoms with E-state index in [1.807, 2.05) is 13.0 Å². The van der Waals surface area contributed by atoms with Crippen LogP contribution in [0.3, 0.4) is 0 Å². The molecule has 0 aliphatic rings. The normalized spacial score (nSPS) is 9.94. The Kier molecular flexibility index (Phi) is 5.65. The number of halogens is 1. The fourth-order valence-corrected chi connectivity index (χ4v) is 1.71. The van der Waals surface area contributed by atoms with E-state index >= 15 is 0 Å². The maximum atomic E-state index is 12.1. The smallest absolute Gasteiger partial charge is 0.254 e. The van der Waals surface area contributed by atoms with E-state index in [9.17, 15) is 9.59 Å². The highest BCUT2D eigenvalue weighted by molar-refractivity contribution is 6.17. The Morgan fingerprint density at radius 3 is 2.72 bits per heavy atom. The van der Waals surface area contributed by atoms with E-state index in [-0.39, 0.29) is 18.4 Å². The first kappa shape index (κ1) is 14.5. The van der Waals surface area contributed by atoms with Crippen molar-refractivity contribution in [2.75, 3.05) is 20.1 Å². The van der Waals surface area contributed by atoms with Crippen molar-refractivity contribution >= 4 is 23.4 Å². The van der Waals surface area contributed by atoms with Gasteiger partial charge in [0.15, 0.2) is 0 Å². The van der Waals surface area contributed by atoms with Crippen molar-refractivity contribution in [3.63, 3.8) is 0 Å². The number of carbonyl (C=O) groups is 2. The molecule has 0 aliphatic carbocycles. The molecule has 1 aromatic rings. The highest BCUT2D eigenvalue weighted by atomic mass is 35.5. The number of carbonyl (C=O) groups excluding carboxylic acids is 2. The molecule has 18 heavy (non-hydrogen) atoms. The van der Waals surface area contributed by atoms with Crippen LogP contribution in [0.5, 0.6) is 0 Å². The van der Waals surface area contributed by atoms with Crippen molar-refractivity contribution in [3.05, 3.63) is 35.4 Å². The third-order valence-corrected chi connectivity index (χ3v) is 2.74. The maximum absolute atomic E-state index is 12.1. The van der Waals surface area contributed by atoms with Crippen LogP contribution in [-0.2, 0) is 10.7 Å². The first-order valence-electron chi connectivity index (χ1n) is 5.75. The number of nitrogens with zero attached hydrogens (tertiary/aromatic N) is 1. The van der Waals surface area contributed by atoms with Crippen LogP contribution in [0.25, 0.3) is 0 Å². The molecule has 0 bridgehead atoms. The predicted octanol–water partition coefficient (Wildman–Crippen LogP) is 1.63.